The summed E-state index contributed by atoms with van der Waals surface area (Å²) in [6, 6.07) is 0. The van der Waals surface area contributed by atoms with Crippen LogP contribution in [-0.4, -0.2) is 7.85 Å². The SMILES string of the molecule is BC(C)=CC=CC1=CC=CCC1. The van der Waals surface area contributed by atoms with Crippen molar-refractivity contribution in [2.45, 2.75) is 19.8 Å². The van der Waals surface area contributed by atoms with Crippen LogP contribution < -0.4 is 0 Å². The van der Waals surface area contributed by atoms with Gasteiger partial charge in [-0.25, -0.2) is 0 Å². The molecule has 0 spiro atoms. The third-order valence-corrected chi connectivity index (χ3v) is 1.79. The molecule has 62 valence electrons. The molecule has 0 aliphatic heterocycles. The van der Waals surface area contributed by atoms with Crippen LogP contribution in [0.3, 0.4) is 0 Å². The van der Waals surface area contributed by atoms with Crippen LogP contribution in [-0.2, 0) is 0 Å². The fourth-order valence-electron chi connectivity index (χ4n) is 1.12. The first-order valence-corrected chi connectivity index (χ1v) is 4.46. The maximum absolute atomic E-state index is 2.21. The van der Waals surface area contributed by atoms with E-state index in [0.29, 0.717) is 0 Å². The van der Waals surface area contributed by atoms with Gasteiger partial charge in [-0.3, -0.25) is 0 Å². The van der Waals surface area contributed by atoms with E-state index in [9.17, 15) is 0 Å². The average Bonchev–Trinajstić information content (AvgIpc) is 2.05. The van der Waals surface area contributed by atoms with Crippen LogP contribution in [0.15, 0.2) is 47.5 Å². The Morgan fingerprint density at radius 1 is 1.58 bits per heavy atom. The Balaban J connectivity index is 2.50. The number of rotatable bonds is 2. The lowest BCUT2D eigenvalue weighted by atomic mass is 9.97. The van der Waals surface area contributed by atoms with E-state index in [4.69, 9.17) is 0 Å². The summed E-state index contributed by atoms with van der Waals surface area (Å²) in [5.74, 6) is 0. The molecule has 1 aliphatic carbocycles. The van der Waals surface area contributed by atoms with Crippen molar-refractivity contribution in [2.75, 3.05) is 0 Å². The predicted molar refractivity (Wildman–Crippen MR) is 57.9 cm³/mol. The zero-order chi connectivity index (χ0) is 8.81. The third-order valence-electron chi connectivity index (χ3n) is 1.79. The molecule has 1 rings (SSSR count). The molecule has 0 nitrogen and oxygen atoms in total. The first-order chi connectivity index (χ1) is 5.79. The summed E-state index contributed by atoms with van der Waals surface area (Å²) in [5.41, 5.74) is 2.77. The highest BCUT2D eigenvalue weighted by Crippen LogP contribution is 2.12. The highest BCUT2D eigenvalue weighted by Gasteiger charge is 1.92. The van der Waals surface area contributed by atoms with E-state index in [1.165, 1.54) is 23.9 Å². The van der Waals surface area contributed by atoms with Gasteiger partial charge in [0.2, 0.25) is 0 Å². The summed E-state index contributed by atoms with van der Waals surface area (Å²) >= 11 is 0. The van der Waals surface area contributed by atoms with E-state index in [2.05, 4.69) is 51.2 Å². The molecule has 0 aromatic rings. The van der Waals surface area contributed by atoms with Crippen molar-refractivity contribution in [3.63, 3.8) is 0 Å². The second-order valence-electron chi connectivity index (χ2n) is 3.31. The lowest BCUT2D eigenvalue weighted by Gasteiger charge is -2.01. The Hall–Kier alpha value is -0.975. The molecule has 12 heavy (non-hydrogen) atoms. The third kappa shape index (κ3) is 3.43. The van der Waals surface area contributed by atoms with E-state index in [1.54, 1.807) is 0 Å². The smallest absolute Gasteiger partial charge is 0.113 e. The Morgan fingerprint density at radius 3 is 3.00 bits per heavy atom. The number of hydrogen-bond acceptors (Lipinski definition) is 0. The maximum atomic E-state index is 2.21. The van der Waals surface area contributed by atoms with Gasteiger partial charge in [-0.1, -0.05) is 43.4 Å². The second kappa shape index (κ2) is 4.81. The Morgan fingerprint density at radius 2 is 2.42 bits per heavy atom. The summed E-state index contributed by atoms with van der Waals surface area (Å²) in [7, 11) is 2.11. The van der Waals surface area contributed by atoms with Crippen molar-refractivity contribution in [3.05, 3.63) is 47.5 Å². The Labute approximate surface area is 75.8 Å². The number of allylic oxidation sites excluding steroid dienone is 8. The first kappa shape index (κ1) is 9.12. The van der Waals surface area contributed by atoms with Crippen molar-refractivity contribution in [2.24, 2.45) is 0 Å². The summed E-state index contributed by atoms with van der Waals surface area (Å²) in [6.07, 6.45) is 15.3. The van der Waals surface area contributed by atoms with Crippen LogP contribution in [0.25, 0.3) is 0 Å². The van der Waals surface area contributed by atoms with E-state index in [-0.39, 0.29) is 0 Å². The normalized spacial score (nSPS) is 18.4. The van der Waals surface area contributed by atoms with Gasteiger partial charge >= 0.3 is 0 Å². The number of hydrogen-bond donors (Lipinski definition) is 0. The van der Waals surface area contributed by atoms with Gasteiger partial charge in [0.25, 0.3) is 0 Å². The topological polar surface area (TPSA) is 0 Å². The zero-order valence-corrected chi connectivity index (χ0v) is 7.88. The van der Waals surface area contributed by atoms with Crippen molar-refractivity contribution in [1.82, 2.24) is 0 Å². The van der Waals surface area contributed by atoms with Crippen LogP contribution in [0, 0.1) is 0 Å². The molecule has 0 radical (unpaired) electrons. The molecule has 0 heterocycles. The predicted octanol–water partition coefficient (Wildman–Crippen LogP) is 2.36. The molecule has 0 amide bonds. The quantitative estimate of drug-likeness (QED) is 0.427. The molecule has 0 aromatic carbocycles. The van der Waals surface area contributed by atoms with Crippen molar-refractivity contribution >= 4 is 7.85 Å². The van der Waals surface area contributed by atoms with Gasteiger partial charge in [0.1, 0.15) is 7.85 Å². The zero-order valence-electron chi connectivity index (χ0n) is 7.88. The van der Waals surface area contributed by atoms with Crippen molar-refractivity contribution in [3.8, 4) is 0 Å². The largest absolute Gasteiger partial charge is 0.133 e. The molecule has 0 saturated carbocycles. The van der Waals surface area contributed by atoms with Crippen LogP contribution in [0.4, 0.5) is 0 Å². The van der Waals surface area contributed by atoms with Crippen molar-refractivity contribution < 1.29 is 0 Å². The molecule has 0 unspecified atom stereocenters. The molecule has 0 N–H and O–H groups in total. The first-order valence-electron chi connectivity index (χ1n) is 4.46. The minimum atomic E-state index is 1.18. The molecule has 0 atom stereocenters. The average molecular weight is 158 g/mol. The van der Waals surface area contributed by atoms with Crippen LogP contribution in [0.5, 0.6) is 0 Å². The molecular formula is C11H15B. The van der Waals surface area contributed by atoms with Gasteiger partial charge in [0.15, 0.2) is 0 Å². The van der Waals surface area contributed by atoms with Gasteiger partial charge in [-0.15, -0.1) is 5.47 Å². The minimum absolute atomic E-state index is 1.18. The monoisotopic (exact) mass is 158 g/mol. The highest BCUT2D eigenvalue weighted by molar-refractivity contribution is 6.21. The van der Waals surface area contributed by atoms with Crippen LogP contribution in [0.2, 0.25) is 0 Å². The van der Waals surface area contributed by atoms with E-state index in [1.807, 2.05) is 0 Å². The summed E-state index contributed by atoms with van der Waals surface area (Å²) in [5, 5.41) is 0. The molecule has 0 bridgehead atoms. The summed E-state index contributed by atoms with van der Waals surface area (Å²) < 4.78 is 0. The molecule has 0 aromatic heterocycles. The molecule has 1 heteroatoms. The fraction of sp³-hybridized carbons (Fsp3) is 0.273. The lowest BCUT2D eigenvalue weighted by molar-refractivity contribution is 0.991. The van der Waals surface area contributed by atoms with E-state index < -0.39 is 0 Å². The van der Waals surface area contributed by atoms with Crippen LogP contribution in [0.1, 0.15) is 19.8 Å². The molecule has 1 aliphatic rings. The molecule has 0 fully saturated rings. The lowest BCUT2D eigenvalue weighted by Crippen LogP contribution is -1.81. The Kier molecular flexibility index (Phi) is 3.66. The Bertz CT molecular complexity index is 250. The van der Waals surface area contributed by atoms with Crippen LogP contribution >= 0.6 is 0 Å². The van der Waals surface area contributed by atoms with E-state index >= 15 is 0 Å². The standard InChI is InChI=1S/C11H15B/c1-10(12)6-5-9-11-7-3-2-4-8-11/h2-3,5-7,9H,4,8,12H2,1H3. The van der Waals surface area contributed by atoms with Gasteiger partial charge in [-0.2, -0.15) is 0 Å². The van der Waals surface area contributed by atoms with Gasteiger partial charge in [0, 0.05) is 0 Å². The summed E-state index contributed by atoms with van der Waals surface area (Å²) in [6.45, 7) is 2.11. The van der Waals surface area contributed by atoms with Gasteiger partial charge < -0.3 is 0 Å². The van der Waals surface area contributed by atoms with E-state index in [0.717, 1.165) is 0 Å². The second-order valence-corrected chi connectivity index (χ2v) is 3.31. The fourth-order valence-corrected chi connectivity index (χ4v) is 1.12. The molecule has 0 saturated heterocycles. The van der Waals surface area contributed by atoms with Gasteiger partial charge in [0.05, 0.1) is 0 Å². The minimum Gasteiger partial charge on any atom is -0.113 e. The molecular weight excluding hydrogens is 143 g/mol. The summed E-state index contributed by atoms with van der Waals surface area (Å²) in [4.78, 5) is 0. The maximum Gasteiger partial charge on any atom is 0.133 e. The van der Waals surface area contributed by atoms with Gasteiger partial charge in [-0.05, 0) is 18.4 Å². The highest BCUT2D eigenvalue weighted by atomic mass is 14.0. The van der Waals surface area contributed by atoms with Crippen molar-refractivity contribution in [1.29, 1.82) is 0 Å².